The van der Waals surface area contributed by atoms with E-state index in [0.29, 0.717) is 35.3 Å². The Morgan fingerprint density at radius 1 is 1.12 bits per heavy atom. The van der Waals surface area contributed by atoms with Crippen LogP contribution in [0.5, 0.6) is 6.01 Å². The second-order valence-electron chi connectivity index (χ2n) is 7.70. The normalized spacial score (nSPS) is 12.5. The van der Waals surface area contributed by atoms with E-state index >= 15 is 0 Å². The third kappa shape index (κ3) is 4.30. The lowest BCUT2D eigenvalue weighted by Crippen LogP contribution is -2.08. The zero-order valence-electron chi connectivity index (χ0n) is 17.8. The van der Waals surface area contributed by atoms with E-state index in [1.54, 1.807) is 6.07 Å². The topological polar surface area (TPSA) is 112 Å². The Labute approximate surface area is 194 Å². The minimum absolute atomic E-state index is 0.0295. The first-order valence-corrected chi connectivity index (χ1v) is 10.7. The number of rotatable bonds is 5. The number of nitrogens with two attached hydrogens (primary N) is 1. The zero-order chi connectivity index (χ0) is 22.9. The van der Waals surface area contributed by atoms with E-state index in [1.165, 1.54) is 6.92 Å². The molecule has 0 saturated carbocycles. The molecule has 0 unspecified atom stereocenters. The van der Waals surface area contributed by atoms with Gasteiger partial charge in [0.2, 0.25) is 11.9 Å². The second kappa shape index (κ2) is 8.65. The quantitative estimate of drug-likeness (QED) is 0.450. The number of nitrogens with zero attached hydrogens (tertiary/aromatic N) is 3. The summed E-state index contributed by atoms with van der Waals surface area (Å²) in [6.07, 6.45) is 0. The van der Waals surface area contributed by atoms with Gasteiger partial charge in [-0.1, -0.05) is 41.9 Å². The number of anilines is 2. The van der Waals surface area contributed by atoms with Crippen LogP contribution in [-0.4, -0.2) is 20.9 Å². The monoisotopic (exact) mass is 461 g/mol. The molecule has 0 fully saturated rings. The predicted molar refractivity (Wildman–Crippen MR) is 126 cm³/mol. The van der Waals surface area contributed by atoms with Gasteiger partial charge in [0.25, 0.3) is 0 Å². The van der Waals surface area contributed by atoms with E-state index in [2.05, 4.69) is 20.3 Å². The van der Waals surface area contributed by atoms with Crippen molar-refractivity contribution in [1.82, 2.24) is 15.0 Å². The Bertz CT molecular complexity index is 1390. The average Bonchev–Trinajstić information content (AvgIpc) is 2.77. The van der Waals surface area contributed by atoms with Gasteiger partial charge in [-0.25, -0.2) is 0 Å². The minimum atomic E-state index is -0.146. The van der Waals surface area contributed by atoms with Crippen molar-refractivity contribution >= 4 is 39.9 Å². The van der Waals surface area contributed by atoms with Crippen molar-refractivity contribution in [2.45, 2.75) is 26.7 Å². The molecule has 166 valence electrons. The highest BCUT2D eigenvalue weighted by Gasteiger charge is 2.21. The molecule has 3 aromatic carbocycles. The third-order valence-corrected chi connectivity index (χ3v) is 5.57. The lowest BCUT2D eigenvalue weighted by molar-refractivity contribution is -0.114. The molecule has 1 aliphatic rings. The van der Waals surface area contributed by atoms with Gasteiger partial charge in [0.1, 0.15) is 6.61 Å². The fourth-order valence-electron chi connectivity index (χ4n) is 3.98. The molecule has 1 aromatic heterocycles. The highest BCUT2D eigenvalue weighted by Crippen LogP contribution is 2.39. The molecule has 9 heteroatoms. The SMILES string of the molecule is CC(=O)Nc1cccc(COc2nc(N)nc(-c3c(Cl)cc4c5c(cccc35)COC4)n2)c1. The number of nitrogen functional groups attached to an aromatic ring is 1. The van der Waals surface area contributed by atoms with Gasteiger partial charge < -0.3 is 20.5 Å². The fraction of sp³-hybridized carbons (Fsp3) is 0.167. The van der Waals surface area contributed by atoms with Gasteiger partial charge in [-0.2, -0.15) is 15.0 Å². The van der Waals surface area contributed by atoms with E-state index in [-0.39, 0.29) is 24.5 Å². The number of halogens is 1. The van der Waals surface area contributed by atoms with E-state index in [4.69, 9.17) is 26.8 Å². The molecule has 1 aliphatic heterocycles. The van der Waals surface area contributed by atoms with Crippen LogP contribution >= 0.6 is 11.6 Å². The van der Waals surface area contributed by atoms with Crippen LogP contribution in [0.4, 0.5) is 11.6 Å². The first-order valence-electron chi connectivity index (χ1n) is 10.3. The number of carbonyl (C=O) groups excluding carboxylic acids is 1. The number of nitrogens with one attached hydrogen (secondary N) is 1. The van der Waals surface area contributed by atoms with Crippen molar-refractivity contribution in [2.75, 3.05) is 11.1 Å². The fourth-order valence-corrected chi connectivity index (χ4v) is 4.30. The summed E-state index contributed by atoms with van der Waals surface area (Å²) in [6, 6.07) is 15.3. The molecule has 0 spiro atoms. The van der Waals surface area contributed by atoms with Gasteiger partial charge in [-0.15, -0.1) is 0 Å². The molecule has 0 saturated heterocycles. The summed E-state index contributed by atoms with van der Waals surface area (Å²) in [4.78, 5) is 24.2. The maximum Gasteiger partial charge on any atom is 0.322 e. The minimum Gasteiger partial charge on any atom is -0.458 e. The summed E-state index contributed by atoms with van der Waals surface area (Å²) >= 11 is 6.66. The highest BCUT2D eigenvalue weighted by atomic mass is 35.5. The summed E-state index contributed by atoms with van der Waals surface area (Å²) in [5.74, 6) is 0.221. The summed E-state index contributed by atoms with van der Waals surface area (Å²) in [5.41, 5.74) is 10.3. The van der Waals surface area contributed by atoms with Crippen LogP contribution in [0.1, 0.15) is 23.6 Å². The van der Waals surface area contributed by atoms with Crippen molar-refractivity contribution in [3.05, 3.63) is 70.2 Å². The second-order valence-corrected chi connectivity index (χ2v) is 8.10. The first kappa shape index (κ1) is 21.1. The molecule has 0 bridgehead atoms. The molecule has 0 aliphatic carbocycles. The van der Waals surface area contributed by atoms with Crippen molar-refractivity contribution in [2.24, 2.45) is 0 Å². The van der Waals surface area contributed by atoms with E-state index in [0.717, 1.165) is 27.5 Å². The molecule has 8 nitrogen and oxygen atoms in total. The van der Waals surface area contributed by atoms with E-state index < -0.39 is 0 Å². The van der Waals surface area contributed by atoms with Gasteiger partial charge >= 0.3 is 6.01 Å². The number of ether oxygens (including phenoxy) is 2. The van der Waals surface area contributed by atoms with Crippen LogP contribution in [0.25, 0.3) is 22.2 Å². The molecule has 0 atom stereocenters. The van der Waals surface area contributed by atoms with Gasteiger partial charge in [0, 0.05) is 18.2 Å². The standard InChI is InChI=1S/C24H20ClN5O3/c1-13(31)27-17-6-2-4-14(8-17)10-33-24-29-22(28-23(26)30-24)21-18-7-3-5-15-11-32-12-16(20(15)18)9-19(21)25/h2-9H,10-12H2,1H3,(H,27,31)(H2,26,28,29,30). The predicted octanol–water partition coefficient (Wildman–Crippen LogP) is 4.50. The molecule has 33 heavy (non-hydrogen) atoms. The maximum atomic E-state index is 11.3. The molecule has 3 N–H and O–H groups in total. The number of carbonyl (C=O) groups is 1. The Kier molecular flexibility index (Phi) is 5.53. The molecular weight excluding hydrogens is 442 g/mol. The molecular formula is C24H20ClN5O3. The van der Waals surface area contributed by atoms with Crippen LogP contribution in [0.15, 0.2) is 48.5 Å². The number of hydrogen-bond donors (Lipinski definition) is 2. The largest absolute Gasteiger partial charge is 0.458 e. The van der Waals surface area contributed by atoms with E-state index in [9.17, 15) is 4.79 Å². The Hall–Kier alpha value is -3.75. The summed E-state index contributed by atoms with van der Waals surface area (Å²) in [5, 5.41) is 5.27. The van der Waals surface area contributed by atoms with Crippen LogP contribution in [0, 0.1) is 0 Å². The Balaban J connectivity index is 1.49. The average molecular weight is 462 g/mol. The smallest absolute Gasteiger partial charge is 0.322 e. The molecule has 4 aromatic rings. The first-order chi connectivity index (χ1) is 16.0. The Morgan fingerprint density at radius 3 is 2.79 bits per heavy atom. The Morgan fingerprint density at radius 2 is 1.94 bits per heavy atom. The number of amides is 1. The lowest BCUT2D eigenvalue weighted by atomic mass is 9.94. The molecule has 1 amide bonds. The molecule has 0 radical (unpaired) electrons. The highest BCUT2D eigenvalue weighted by molar-refractivity contribution is 6.35. The van der Waals surface area contributed by atoms with Crippen molar-refractivity contribution < 1.29 is 14.3 Å². The lowest BCUT2D eigenvalue weighted by Gasteiger charge is -2.20. The number of hydrogen-bond acceptors (Lipinski definition) is 7. The summed E-state index contributed by atoms with van der Waals surface area (Å²) in [7, 11) is 0. The maximum absolute atomic E-state index is 11.3. The third-order valence-electron chi connectivity index (χ3n) is 5.27. The van der Waals surface area contributed by atoms with Crippen molar-refractivity contribution in [1.29, 1.82) is 0 Å². The van der Waals surface area contributed by atoms with Crippen LogP contribution in [-0.2, 0) is 29.4 Å². The van der Waals surface area contributed by atoms with Crippen LogP contribution in [0.3, 0.4) is 0 Å². The van der Waals surface area contributed by atoms with Gasteiger partial charge in [0.15, 0.2) is 5.82 Å². The van der Waals surface area contributed by atoms with Crippen LogP contribution in [0.2, 0.25) is 5.02 Å². The van der Waals surface area contributed by atoms with Gasteiger partial charge in [0.05, 0.1) is 18.2 Å². The van der Waals surface area contributed by atoms with Gasteiger partial charge in [-0.05, 0) is 45.7 Å². The summed E-state index contributed by atoms with van der Waals surface area (Å²) < 4.78 is 11.5. The van der Waals surface area contributed by atoms with E-state index in [1.807, 2.05) is 42.5 Å². The van der Waals surface area contributed by atoms with Crippen LogP contribution < -0.4 is 15.8 Å². The zero-order valence-corrected chi connectivity index (χ0v) is 18.5. The van der Waals surface area contributed by atoms with Gasteiger partial charge in [-0.3, -0.25) is 4.79 Å². The number of benzene rings is 3. The van der Waals surface area contributed by atoms with Crippen molar-refractivity contribution in [3.8, 4) is 17.4 Å². The molecule has 5 rings (SSSR count). The molecule has 2 heterocycles. The number of aromatic nitrogens is 3. The summed E-state index contributed by atoms with van der Waals surface area (Å²) in [6.45, 7) is 2.68. The van der Waals surface area contributed by atoms with Crippen molar-refractivity contribution in [3.63, 3.8) is 0 Å².